The molecule has 3 aromatic carbocycles. The van der Waals surface area contributed by atoms with E-state index >= 15 is 0 Å². The molecule has 2 amide bonds. The molecule has 0 saturated carbocycles. The van der Waals surface area contributed by atoms with Gasteiger partial charge in [-0.25, -0.2) is 12.7 Å². The minimum atomic E-state index is -4.11. The predicted molar refractivity (Wildman–Crippen MR) is 144 cm³/mol. The molecule has 1 N–H and O–H groups in total. The van der Waals surface area contributed by atoms with E-state index in [1.165, 1.54) is 21.0 Å². The number of fused-ring (bicyclic) bond motifs is 6. The summed E-state index contributed by atoms with van der Waals surface area (Å²) in [6.45, 7) is 0. The molecular weight excluding hydrogens is 520 g/mol. The summed E-state index contributed by atoms with van der Waals surface area (Å²) < 4.78 is 30.3. The first kappa shape index (κ1) is 22.2. The fraction of sp³-hybridized carbons (Fsp3) is 0.214. The van der Waals surface area contributed by atoms with E-state index in [1.54, 1.807) is 48.3 Å². The van der Waals surface area contributed by atoms with Crippen LogP contribution in [0.4, 0.5) is 5.69 Å². The zero-order chi connectivity index (χ0) is 26.0. The lowest BCUT2D eigenvalue weighted by Gasteiger charge is -2.40. The zero-order valence-corrected chi connectivity index (χ0v) is 21.9. The van der Waals surface area contributed by atoms with Crippen LogP contribution in [0.2, 0.25) is 0 Å². The number of H-pyrrole nitrogens is 1. The molecule has 38 heavy (non-hydrogen) atoms. The van der Waals surface area contributed by atoms with Crippen LogP contribution >= 0.6 is 11.8 Å². The van der Waals surface area contributed by atoms with Crippen LogP contribution in [0, 0.1) is 0 Å². The smallest absolute Gasteiger partial charge is 0.266 e. The highest BCUT2D eigenvalue weighted by molar-refractivity contribution is 8.03. The van der Waals surface area contributed by atoms with Gasteiger partial charge in [-0.2, -0.15) is 0 Å². The number of hydrogen-bond donors (Lipinski definition) is 1. The Balaban J connectivity index is 1.48. The number of sulfonamides is 1. The number of para-hydroxylation sites is 2. The van der Waals surface area contributed by atoms with Crippen molar-refractivity contribution in [3.63, 3.8) is 0 Å². The quantitative estimate of drug-likeness (QED) is 0.428. The number of likely N-dealkylation sites (N-methyl/N-ethyl adjacent to an activating group) is 1. The minimum absolute atomic E-state index is 0.137. The van der Waals surface area contributed by atoms with Gasteiger partial charge in [0.15, 0.2) is 10.2 Å². The zero-order valence-electron chi connectivity index (χ0n) is 20.2. The molecule has 2 bridgehead atoms. The normalized spacial score (nSPS) is 29.3. The second kappa shape index (κ2) is 7.00. The van der Waals surface area contributed by atoms with Crippen molar-refractivity contribution in [1.82, 2.24) is 14.8 Å². The van der Waals surface area contributed by atoms with Crippen molar-refractivity contribution in [1.29, 1.82) is 0 Å². The van der Waals surface area contributed by atoms with Crippen molar-refractivity contribution in [2.45, 2.75) is 33.1 Å². The Hall–Kier alpha value is -3.76. The highest BCUT2D eigenvalue weighted by atomic mass is 32.2. The number of carbonyl (C=O) groups excluding carboxylic acids is 2. The fourth-order valence-electron chi connectivity index (χ4n) is 7.08. The number of nitrogens with zero attached hydrogens (tertiary/aromatic N) is 3. The molecule has 3 fully saturated rings. The molecule has 10 heteroatoms. The van der Waals surface area contributed by atoms with Crippen molar-refractivity contribution < 1.29 is 18.0 Å². The monoisotopic (exact) mass is 542 g/mol. The Morgan fingerprint density at radius 2 is 1.63 bits per heavy atom. The Bertz CT molecular complexity index is 1810. The van der Waals surface area contributed by atoms with Crippen LogP contribution in [0.15, 0.2) is 90.0 Å². The lowest BCUT2D eigenvalue weighted by atomic mass is 9.72. The summed E-state index contributed by atoms with van der Waals surface area (Å²) in [5.41, 5.74) is 2.15. The molecule has 4 aliphatic heterocycles. The van der Waals surface area contributed by atoms with Gasteiger partial charge in [-0.05, 0) is 35.4 Å². The molecule has 190 valence electrons. The van der Waals surface area contributed by atoms with E-state index < -0.39 is 31.8 Å². The lowest BCUT2D eigenvalue weighted by Crippen LogP contribution is -2.62. The van der Waals surface area contributed by atoms with E-state index in [4.69, 9.17) is 0 Å². The van der Waals surface area contributed by atoms with E-state index in [-0.39, 0.29) is 23.1 Å². The van der Waals surface area contributed by atoms with Gasteiger partial charge >= 0.3 is 0 Å². The lowest BCUT2D eigenvalue weighted by molar-refractivity contribution is -0.154. The molecular formula is C28H22N4O4S2. The molecule has 0 unspecified atom stereocenters. The van der Waals surface area contributed by atoms with Gasteiger partial charge in [0, 0.05) is 30.6 Å². The maximum Gasteiger partial charge on any atom is 0.266 e. The molecule has 4 aliphatic rings. The van der Waals surface area contributed by atoms with Gasteiger partial charge in [-0.3, -0.25) is 14.5 Å². The summed E-state index contributed by atoms with van der Waals surface area (Å²) in [5, 5.41) is 0.282. The van der Waals surface area contributed by atoms with Crippen molar-refractivity contribution in [3.05, 3.63) is 96.2 Å². The first-order chi connectivity index (χ1) is 18.3. The van der Waals surface area contributed by atoms with Gasteiger partial charge < -0.3 is 9.88 Å². The summed E-state index contributed by atoms with van der Waals surface area (Å²) in [6.07, 6.45) is 1.26. The van der Waals surface area contributed by atoms with E-state index in [0.717, 1.165) is 22.0 Å². The number of amides is 2. The molecule has 4 aromatic rings. The Labute approximate surface area is 223 Å². The summed E-state index contributed by atoms with van der Waals surface area (Å²) in [5.74, 6) is -0.389. The number of anilines is 1. The molecule has 1 spiro atoms. The molecule has 4 atom stereocenters. The molecule has 0 radical (unpaired) electrons. The number of nitrogens with one attached hydrogen (secondary N) is 1. The number of carbonyl (C=O) groups is 2. The molecule has 3 saturated heterocycles. The fourth-order valence-corrected chi connectivity index (χ4v) is 10.5. The highest BCUT2D eigenvalue weighted by Gasteiger charge is 2.79. The average Bonchev–Trinajstić information content (AvgIpc) is 3.68. The van der Waals surface area contributed by atoms with Crippen LogP contribution in [-0.4, -0.2) is 58.5 Å². The van der Waals surface area contributed by atoms with Gasteiger partial charge in [-0.1, -0.05) is 66.4 Å². The first-order valence-electron chi connectivity index (χ1n) is 12.4. The summed E-state index contributed by atoms with van der Waals surface area (Å²) in [7, 11) is -2.45. The molecule has 5 heterocycles. The van der Waals surface area contributed by atoms with E-state index in [9.17, 15) is 18.0 Å². The van der Waals surface area contributed by atoms with Gasteiger partial charge in [0.05, 0.1) is 16.0 Å². The van der Waals surface area contributed by atoms with Crippen molar-refractivity contribution in [3.8, 4) is 0 Å². The van der Waals surface area contributed by atoms with Crippen LogP contribution in [0.1, 0.15) is 17.5 Å². The third-order valence-corrected chi connectivity index (χ3v) is 12.0. The van der Waals surface area contributed by atoms with Crippen LogP contribution < -0.4 is 4.31 Å². The Morgan fingerprint density at radius 3 is 2.45 bits per heavy atom. The van der Waals surface area contributed by atoms with Crippen LogP contribution in [0.3, 0.4) is 0 Å². The van der Waals surface area contributed by atoms with Gasteiger partial charge in [0.1, 0.15) is 6.17 Å². The predicted octanol–water partition coefficient (Wildman–Crippen LogP) is 3.46. The Morgan fingerprint density at radius 1 is 0.921 bits per heavy atom. The second-order valence-electron chi connectivity index (χ2n) is 10.3. The maximum absolute atomic E-state index is 14.4. The number of piperazine rings is 1. The van der Waals surface area contributed by atoms with Crippen molar-refractivity contribution >= 4 is 50.2 Å². The number of rotatable bonds is 3. The number of aromatic nitrogens is 1. The minimum Gasteiger partial charge on any atom is -0.361 e. The number of aromatic amines is 1. The number of thioether (sulfide) groups is 1. The largest absolute Gasteiger partial charge is 0.361 e. The van der Waals surface area contributed by atoms with E-state index in [2.05, 4.69) is 4.98 Å². The molecule has 8 rings (SSSR count). The molecule has 8 nitrogen and oxygen atoms in total. The van der Waals surface area contributed by atoms with Gasteiger partial charge in [-0.15, -0.1) is 0 Å². The van der Waals surface area contributed by atoms with Crippen molar-refractivity contribution in [2.24, 2.45) is 0 Å². The standard InChI is InChI=1S/C28H22N4O4S2/c1-30-24-23(33)31-25-27(16-28(31,37-24)26(30)34,20-15-29-21-13-7-5-11-18(20)21)19-12-6-8-14-22(19)32(25)38(35,36)17-9-3-2-4-10-17/h2-15,24-25,29H,16H2,1H3/t24-,25-,27+,28-/m0/s1. The highest BCUT2D eigenvalue weighted by Crippen LogP contribution is 2.69. The van der Waals surface area contributed by atoms with E-state index in [1.807, 2.05) is 48.7 Å². The second-order valence-corrected chi connectivity index (χ2v) is 13.5. The van der Waals surface area contributed by atoms with Gasteiger partial charge in [0.2, 0.25) is 0 Å². The SMILES string of the molecule is CN1C(=O)[C@@]23C[C@]4(c5c[nH]c6ccccc56)c5ccccc5N(S(=O)(=O)c5ccccc5)[C@@H]4N2C(=O)[C@@H]1S3. The number of benzene rings is 3. The van der Waals surface area contributed by atoms with Crippen LogP contribution in [0.5, 0.6) is 0 Å². The van der Waals surface area contributed by atoms with Crippen LogP contribution in [0.25, 0.3) is 10.9 Å². The Kier molecular flexibility index (Phi) is 4.10. The summed E-state index contributed by atoms with van der Waals surface area (Å²) in [6, 6.07) is 23.6. The number of hydrogen-bond acceptors (Lipinski definition) is 5. The van der Waals surface area contributed by atoms with Crippen molar-refractivity contribution in [2.75, 3.05) is 11.4 Å². The van der Waals surface area contributed by atoms with E-state index in [0.29, 0.717) is 5.69 Å². The van der Waals surface area contributed by atoms with Crippen LogP contribution in [-0.2, 0) is 25.0 Å². The molecule has 1 aromatic heterocycles. The first-order valence-corrected chi connectivity index (χ1v) is 14.7. The summed E-state index contributed by atoms with van der Waals surface area (Å²) in [4.78, 5) is 33.2. The summed E-state index contributed by atoms with van der Waals surface area (Å²) >= 11 is 1.34. The topological polar surface area (TPSA) is 93.8 Å². The third kappa shape index (κ3) is 2.33. The molecule has 0 aliphatic carbocycles. The average molecular weight is 543 g/mol. The third-order valence-electron chi connectivity index (χ3n) is 8.57. The maximum atomic E-state index is 14.4. The van der Waals surface area contributed by atoms with Gasteiger partial charge in [0.25, 0.3) is 21.8 Å².